The molecule has 1 fully saturated rings. The zero-order chi connectivity index (χ0) is 7.45. The molecule has 0 radical (unpaired) electrons. The maximum absolute atomic E-state index is 13.3. The van der Waals surface area contributed by atoms with Gasteiger partial charge in [-0.1, -0.05) is 0 Å². The number of alkyl halides is 1. The van der Waals surface area contributed by atoms with Crippen molar-refractivity contribution in [3.63, 3.8) is 0 Å². The van der Waals surface area contributed by atoms with E-state index in [2.05, 4.69) is 5.32 Å². The molecule has 0 amide bonds. The van der Waals surface area contributed by atoms with Crippen molar-refractivity contribution in [3.05, 3.63) is 0 Å². The molecule has 0 aromatic rings. The molecule has 1 aliphatic heterocycles. The number of hydrogen-bond acceptors (Lipinski definition) is 2. The highest BCUT2D eigenvalue weighted by atomic mass is 19.1. The van der Waals surface area contributed by atoms with E-state index < -0.39 is 5.67 Å². The molecule has 0 aliphatic carbocycles. The summed E-state index contributed by atoms with van der Waals surface area (Å²) in [5, 5.41) is 2.92. The first-order chi connectivity index (χ1) is 4.77. The van der Waals surface area contributed by atoms with Crippen molar-refractivity contribution in [2.75, 3.05) is 26.8 Å². The highest BCUT2D eigenvalue weighted by Crippen LogP contribution is 2.26. The summed E-state index contributed by atoms with van der Waals surface area (Å²) in [6, 6.07) is 0. The molecular formula is C7H14FNO. The van der Waals surface area contributed by atoms with E-state index in [1.165, 1.54) is 0 Å². The number of halogens is 1. The van der Waals surface area contributed by atoms with Crippen molar-refractivity contribution in [2.24, 2.45) is 0 Å². The Morgan fingerprint density at radius 2 is 2.50 bits per heavy atom. The summed E-state index contributed by atoms with van der Waals surface area (Å²) in [7, 11) is 1.83. The van der Waals surface area contributed by atoms with Gasteiger partial charge in [0.15, 0.2) is 0 Å². The van der Waals surface area contributed by atoms with Crippen molar-refractivity contribution in [3.8, 4) is 0 Å². The Bertz CT molecular complexity index is 102. The van der Waals surface area contributed by atoms with Crippen LogP contribution in [0.3, 0.4) is 0 Å². The minimum absolute atomic E-state index is 0.286. The predicted octanol–water partition coefficient (Wildman–Crippen LogP) is 0.724. The van der Waals surface area contributed by atoms with Crippen LogP contribution in [0.15, 0.2) is 0 Å². The van der Waals surface area contributed by atoms with Gasteiger partial charge in [0.25, 0.3) is 0 Å². The van der Waals surface area contributed by atoms with Gasteiger partial charge < -0.3 is 10.1 Å². The molecule has 1 unspecified atom stereocenters. The second-order valence-electron chi connectivity index (χ2n) is 2.81. The van der Waals surface area contributed by atoms with Gasteiger partial charge in [0, 0.05) is 13.0 Å². The highest BCUT2D eigenvalue weighted by molar-refractivity contribution is 4.83. The van der Waals surface area contributed by atoms with E-state index in [0.717, 1.165) is 6.54 Å². The molecule has 1 atom stereocenters. The molecule has 3 heteroatoms. The van der Waals surface area contributed by atoms with Crippen LogP contribution < -0.4 is 5.32 Å². The first-order valence-electron chi connectivity index (χ1n) is 3.68. The fraction of sp³-hybridized carbons (Fsp3) is 1.00. The molecule has 0 aromatic carbocycles. The second kappa shape index (κ2) is 3.30. The van der Waals surface area contributed by atoms with E-state index in [-0.39, 0.29) is 6.61 Å². The Balaban J connectivity index is 2.22. The molecule has 10 heavy (non-hydrogen) atoms. The summed E-state index contributed by atoms with van der Waals surface area (Å²) < 4.78 is 18.3. The Hall–Kier alpha value is -0.150. The highest BCUT2D eigenvalue weighted by Gasteiger charge is 2.33. The van der Waals surface area contributed by atoms with Gasteiger partial charge in [-0.3, -0.25) is 0 Å². The smallest absolute Gasteiger partial charge is 0.137 e. The molecule has 2 nitrogen and oxygen atoms in total. The van der Waals surface area contributed by atoms with Gasteiger partial charge in [0.05, 0.1) is 6.61 Å². The minimum atomic E-state index is -1.04. The summed E-state index contributed by atoms with van der Waals surface area (Å²) >= 11 is 0. The lowest BCUT2D eigenvalue weighted by Crippen LogP contribution is -2.27. The van der Waals surface area contributed by atoms with Gasteiger partial charge >= 0.3 is 0 Å². The average molecular weight is 147 g/mol. The van der Waals surface area contributed by atoms with Crippen LogP contribution in [0.4, 0.5) is 4.39 Å². The lowest BCUT2D eigenvalue weighted by atomic mass is 10.0. The first-order valence-corrected chi connectivity index (χ1v) is 3.68. The average Bonchev–Trinajstić information content (AvgIpc) is 2.33. The van der Waals surface area contributed by atoms with Crippen molar-refractivity contribution >= 4 is 0 Å². The molecule has 0 bridgehead atoms. The Morgan fingerprint density at radius 1 is 1.70 bits per heavy atom. The Kier molecular flexibility index (Phi) is 2.63. The third-order valence-electron chi connectivity index (χ3n) is 1.88. The second-order valence-corrected chi connectivity index (χ2v) is 2.81. The van der Waals surface area contributed by atoms with E-state index in [9.17, 15) is 4.39 Å². The van der Waals surface area contributed by atoms with Gasteiger partial charge in [-0.2, -0.15) is 0 Å². The third-order valence-corrected chi connectivity index (χ3v) is 1.88. The summed E-state index contributed by atoms with van der Waals surface area (Å²) in [6.07, 6.45) is 1.14. The van der Waals surface area contributed by atoms with Gasteiger partial charge in [-0.25, -0.2) is 4.39 Å². The minimum Gasteiger partial charge on any atom is -0.378 e. The largest absolute Gasteiger partial charge is 0.378 e. The maximum atomic E-state index is 13.3. The number of hydrogen-bond donors (Lipinski definition) is 1. The Labute approximate surface area is 60.8 Å². The van der Waals surface area contributed by atoms with E-state index in [0.29, 0.717) is 19.4 Å². The fourth-order valence-electron chi connectivity index (χ4n) is 1.13. The lowest BCUT2D eigenvalue weighted by molar-refractivity contribution is 0.105. The summed E-state index contributed by atoms with van der Waals surface area (Å²) in [4.78, 5) is 0. The quantitative estimate of drug-likeness (QED) is 0.635. The summed E-state index contributed by atoms with van der Waals surface area (Å²) in [6.45, 7) is 1.61. The Morgan fingerprint density at radius 3 is 3.00 bits per heavy atom. The molecule has 0 spiro atoms. The number of rotatable bonds is 3. The van der Waals surface area contributed by atoms with Crippen LogP contribution in [-0.4, -0.2) is 32.5 Å². The maximum Gasteiger partial charge on any atom is 0.137 e. The molecule has 1 rings (SSSR count). The van der Waals surface area contributed by atoms with Crippen LogP contribution in [0.25, 0.3) is 0 Å². The summed E-state index contributed by atoms with van der Waals surface area (Å²) in [5.74, 6) is 0. The zero-order valence-electron chi connectivity index (χ0n) is 6.32. The summed E-state index contributed by atoms with van der Waals surface area (Å²) in [5.41, 5.74) is -1.04. The molecule has 0 aromatic heterocycles. The van der Waals surface area contributed by atoms with Crippen LogP contribution in [0.2, 0.25) is 0 Å². The van der Waals surface area contributed by atoms with Gasteiger partial charge in [-0.05, 0) is 20.0 Å². The van der Waals surface area contributed by atoms with E-state index in [1.54, 1.807) is 0 Å². The topological polar surface area (TPSA) is 21.3 Å². The molecule has 60 valence electrons. The van der Waals surface area contributed by atoms with Crippen molar-refractivity contribution < 1.29 is 9.13 Å². The van der Waals surface area contributed by atoms with E-state index in [1.807, 2.05) is 7.05 Å². The first kappa shape index (κ1) is 7.95. The molecule has 1 heterocycles. The SMILES string of the molecule is CNCCC1(F)CCOC1. The predicted molar refractivity (Wildman–Crippen MR) is 37.8 cm³/mol. The molecular weight excluding hydrogens is 133 g/mol. The number of ether oxygens (including phenoxy) is 1. The van der Waals surface area contributed by atoms with Gasteiger partial charge in [0.1, 0.15) is 5.67 Å². The molecule has 1 saturated heterocycles. The van der Waals surface area contributed by atoms with Crippen molar-refractivity contribution in [2.45, 2.75) is 18.5 Å². The monoisotopic (exact) mass is 147 g/mol. The van der Waals surface area contributed by atoms with E-state index in [4.69, 9.17) is 4.74 Å². The standard InChI is InChI=1S/C7H14FNO/c1-9-4-2-7(8)3-5-10-6-7/h9H,2-6H2,1H3. The molecule has 1 N–H and O–H groups in total. The van der Waals surface area contributed by atoms with Gasteiger partial charge in [0.2, 0.25) is 0 Å². The van der Waals surface area contributed by atoms with Crippen LogP contribution in [0, 0.1) is 0 Å². The number of nitrogens with one attached hydrogen (secondary N) is 1. The van der Waals surface area contributed by atoms with Crippen LogP contribution in [0.1, 0.15) is 12.8 Å². The van der Waals surface area contributed by atoms with E-state index >= 15 is 0 Å². The van der Waals surface area contributed by atoms with Gasteiger partial charge in [-0.15, -0.1) is 0 Å². The molecule has 0 saturated carbocycles. The normalized spacial score (nSPS) is 33.0. The van der Waals surface area contributed by atoms with Crippen molar-refractivity contribution in [1.29, 1.82) is 0 Å². The lowest BCUT2D eigenvalue weighted by Gasteiger charge is -2.15. The fourth-order valence-corrected chi connectivity index (χ4v) is 1.13. The van der Waals surface area contributed by atoms with Crippen LogP contribution >= 0.6 is 0 Å². The molecule has 1 aliphatic rings. The third kappa shape index (κ3) is 1.92. The van der Waals surface area contributed by atoms with Crippen LogP contribution in [0.5, 0.6) is 0 Å². The zero-order valence-corrected chi connectivity index (χ0v) is 6.32. The van der Waals surface area contributed by atoms with Crippen LogP contribution in [-0.2, 0) is 4.74 Å². The van der Waals surface area contributed by atoms with Crippen molar-refractivity contribution in [1.82, 2.24) is 5.32 Å².